The number of likely N-dealkylation sites (N-methyl/N-ethyl adjacent to an activating group) is 1. The van der Waals surface area contributed by atoms with E-state index in [1.807, 2.05) is 17.8 Å². The van der Waals surface area contributed by atoms with Gasteiger partial charge in [0.25, 0.3) is 0 Å². The van der Waals surface area contributed by atoms with E-state index in [9.17, 15) is 0 Å². The highest BCUT2D eigenvalue weighted by atomic mass is 16.5. The second-order valence-electron chi connectivity index (χ2n) is 4.23. The molecule has 0 bridgehead atoms. The number of aryl methyl sites for hydroxylation is 1. The quantitative estimate of drug-likeness (QED) is 0.757. The topological polar surface area (TPSA) is 39.1 Å². The molecule has 0 fully saturated rings. The molecule has 0 radical (unpaired) electrons. The first-order chi connectivity index (χ1) is 8.22. The number of rotatable bonds is 8. The maximum Gasteiger partial charge on any atom is 0.0742 e. The van der Waals surface area contributed by atoms with Crippen LogP contribution in [0, 0.1) is 0 Å². The fourth-order valence-electron chi connectivity index (χ4n) is 2.03. The van der Waals surface area contributed by atoms with Crippen LogP contribution >= 0.6 is 0 Å². The zero-order valence-electron chi connectivity index (χ0n) is 11.4. The average molecular weight is 239 g/mol. The lowest BCUT2D eigenvalue weighted by molar-refractivity contribution is 0.0476. The van der Waals surface area contributed by atoms with Crippen LogP contribution in [-0.4, -0.2) is 29.0 Å². The van der Waals surface area contributed by atoms with E-state index >= 15 is 0 Å². The molecule has 4 nitrogen and oxygen atoms in total. The van der Waals surface area contributed by atoms with E-state index in [1.54, 1.807) is 0 Å². The van der Waals surface area contributed by atoms with Crippen molar-refractivity contribution in [3.63, 3.8) is 0 Å². The third-order valence-electron chi connectivity index (χ3n) is 2.79. The molecule has 1 heterocycles. The molecule has 0 aromatic carbocycles. The van der Waals surface area contributed by atoms with Gasteiger partial charge in [-0.3, -0.25) is 4.68 Å². The Morgan fingerprint density at radius 3 is 2.76 bits per heavy atom. The van der Waals surface area contributed by atoms with Crippen molar-refractivity contribution >= 4 is 0 Å². The molecule has 98 valence electrons. The van der Waals surface area contributed by atoms with Crippen LogP contribution in [0.25, 0.3) is 0 Å². The Kier molecular flexibility index (Phi) is 6.22. The number of hydrogen-bond donors (Lipinski definition) is 1. The van der Waals surface area contributed by atoms with Crippen LogP contribution in [0.4, 0.5) is 0 Å². The van der Waals surface area contributed by atoms with Gasteiger partial charge >= 0.3 is 0 Å². The molecule has 0 amide bonds. The van der Waals surface area contributed by atoms with Crippen molar-refractivity contribution in [2.24, 2.45) is 0 Å². The van der Waals surface area contributed by atoms with Crippen LogP contribution in [0.15, 0.2) is 12.4 Å². The number of ether oxygens (including phenoxy) is 1. The minimum atomic E-state index is 0.166. The summed E-state index contributed by atoms with van der Waals surface area (Å²) < 4.78 is 7.68. The monoisotopic (exact) mass is 239 g/mol. The zero-order chi connectivity index (χ0) is 12.7. The summed E-state index contributed by atoms with van der Waals surface area (Å²) >= 11 is 0. The Labute approximate surface area is 104 Å². The Balaban J connectivity index is 2.73. The summed E-state index contributed by atoms with van der Waals surface area (Å²) in [7, 11) is 0. The lowest BCUT2D eigenvalue weighted by Crippen LogP contribution is -2.31. The molecule has 1 N–H and O–H groups in total. The summed E-state index contributed by atoms with van der Waals surface area (Å²) in [6.07, 6.45) is 5.33. The molecule has 1 aromatic rings. The Morgan fingerprint density at radius 2 is 2.18 bits per heavy atom. The van der Waals surface area contributed by atoms with E-state index in [1.165, 1.54) is 5.56 Å². The maximum absolute atomic E-state index is 5.68. The normalized spacial score (nSPS) is 14.8. The molecule has 17 heavy (non-hydrogen) atoms. The highest BCUT2D eigenvalue weighted by molar-refractivity contribution is 5.12. The van der Waals surface area contributed by atoms with Gasteiger partial charge in [0.2, 0.25) is 0 Å². The summed E-state index contributed by atoms with van der Waals surface area (Å²) in [6, 6.07) is 0.227. The highest BCUT2D eigenvalue weighted by Crippen LogP contribution is 2.18. The fraction of sp³-hybridized carbons (Fsp3) is 0.769. The fourth-order valence-corrected chi connectivity index (χ4v) is 2.03. The number of hydrogen-bond acceptors (Lipinski definition) is 3. The predicted molar refractivity (Wildman–Crippen MR) is 70.0 cm³/mol. The summed E-state index contributed by atoms with van der Waals surface area (Å²) in [4.78, 5) is 0. The Morgan fingerprint density at radius 1 is 1.41 bits per heavy atom. The lowest BCUT2D eigenvalue weighted by atomic mass is 10.1. The molecule has 1 aromatic heterocycles. The molecule has 1 rings (SSSR count). The minimum absolute atomic E-state index is 0.166. The van der Waals surface area contributed by atoms with E-state index in [0.717, 1.165) is 26.1 Å². The van der Waals surface area contributed by atoms with Crippen LogP contribution < -0.4 is 5.32 Å². The number of nitrogens with one attached hydrogen (secondary N) is 1. The van der Waals surface area contributed by atoms with Crippen molar-refractivity contribution in [3.8, 4) is 0 Å². The van der Waals surface area contributed by atoms with Crippen molar-refractivity contribution in [3.05, 3.63) is 18.0 Å². The first-order valence-corrected chi connectivity index (χ1v) is 6.60. The molecular weight excluding hydrogens is 214 g/mol. The summed E-state index contributed by atoms with van der Waals surface area (Å²) in [5, 5.41) is 7.83. The molecule has 4 heteroatoms. The second kappa shape index (κ2) is 7.45. The predicted octanol–water partition coefficient (Wildman–Crippen LogP) is 2.37. The van der Waals surface area contributed by atoms with Gasteiger partial charge in [0, 0.05) is 24.9 Å². The van der Waals surface area contributed by atoms with Gasteiger partial charge in [-0.25, -0.2) is 0 Å². The zero-order valence-corrected chi connectivity index (χ0v) is 11.4. The molecule has 2 unspecified atom stereocenters. The summed E-state index contributed by atoms with van der Waals surface area (Å²) in [5.74, 6) is 0. The smallest absolute Gasteiger partial charge is 0.0742 e. The van der Waals surface area contributed by atoms with Gasteiger partial charge in [-0.1, -0.05) is 13.8 Å². The van der Waals surface area contributed by atoms with Crippen LogP contribution in [0.1, 0.15) is 45.7 Å². The standard InChI is InChI=1S/C13H25N3O/c1-5-8-16-10-12(9-15-16)13(14-6-2)11(4)17-7-3/h9-11,13-14H,5-8H2,1-4H3. The molecule has 0 aliphatic heterocycles. The Hall–Kier alpha value is -0.870. The second-order valence-corrected chi connectivity index (χ2v) is 4.23. The van der Waals surface area contributed by atoms with E-state index in [2.05, 4.69) is 37.4 Å². The van der Waals surface area contributed by atoms with Gasteiger partial charge in [-0.2, -0.15) is 5.10 Å². The maximum atomic E-state index is 5.68. The van der Waals surface area contributed by atoms with Gasteiger partial charge in [-0.15, -0.1) is 0 Å². The van der Waals surface area contributed by atoms with E-state index in [0.29, 0.717) is 0 Å². The average Bonchev–Trinajstić information content (AvgIpc) is 2.75. The summed E-state index contributed by atoms with van der Waals surface area (Å²) in [5.41, 5.74) is 1.21. The number of aromatic nitrogens is 2. The van der Waals surface area contributed by atoms with Crippen molar-refractivity contribution in [2.75, 3.05) is 13.2 Å². The van der Waals surface area contributed by atoms with Gasteiger partial charge in [0.1, 0.15) is 0 Å². The Bertz CT molecular complexity index is 311. The van der Waals surface area contributed by atoms with Crippen LogP contribution in [0.3, 0.4) is 0 Å². The van der Waals surface area contributed by atoms with Crippen LogP contribution in [-0.2, 0) is 11.3 Å². The van der Waals surface area contributed by atoms with E-state index < -0.39 is 0 Å². The third kappa shape index (κ3) is 4.13. The van der Waals surface area contributed by atoms with Gasteiger partial charge in [0.15, 0.2) is 0 Å². The van der Waals surface area contributed by atoms with Crippen molar-refractivity contribution in [1.82, 2.24) is 15.1 Å². The van der Waals surface area contributed by atoms with E-state index in [4.69, 9.17) is 4.74 Å². The SMILES string of the molecule is CCCn1cc(C(NCC)C(C)OCC)cn1. The molecule has 0 saturated carbocycles. The molecule has 0 saturated heterocycles. The molecule has 0 aliphatic rings. The molecule has 0 aliphatic carbocycles. The first kappa shape index (κ1) is 14.2. The first-order valence-electron chi connectivity index (χ1n) is 6.60. The van der Waals surface area contributed by atoms with Crippen molar-refractivity contribution < 1.29 is 4.74 Å². The minimum Gasteiger partial charge on any atom is -0.377 e. The lowest BCUT2D eigenvalue weighted by Gasteiger charge is -2.23. The number of nitrogens with zero attached hydrogens (tertiary/aromatic N) is 2. The molecule has 0 spiro atoms. The third-order valence-corrected chi connectivity index (χ3v) is 2.79. The van der Waals surface area contributed by atoms with E-state index in [-0.39, 0.29) is 12.1 Å². The molecule has 2 atom stereocenters. The molecular formula is C13H25N3O. The van der Waals surface area contributed by atoms with Gasteiger partial charge in [0.05, 0.1) is 18.3 Å². The van der Waals surface area contributed by atoms with Gasteiger partial charge < -0.3 is 10.1 Å². The van der Waals surface area contributed by atoms with Crippen LogP contribution in [0.2, 0.25) is 0 Å². The van der Waals surface area contributed by atoms with Crippen LogP contribution in [0.5, 0.6) is 0 Å². The highest BCUT2D eigenvalue weighted by Gasteiger charge is 2.19. The van der Waals surface area contributed by atoms with Crippen molar-refractivity contribution in [2.45, 2.75) is 52.8 Å². The van der Waals surface area contributed by atoms with Crippen molar-refractivity contribution in [1.29, 1.82) is 0 Å². The summed E-state index contributed by atoms with van der Waals surface area (Å²) in [6.45, 7) is 11.1. The van der Waals surface area contributed by atoms with Gasteiger partial charge in [-0.05, 0) is 26.8 Å². The largest absolute Gasteiger partial charge is 0.377 e.